The van der Waals surface area contributed by atoms with Crippen molar-refractivity contribution in [2.75, 3.05) is 0 Å². The van der Waals surface area contributed by atoms with E-state index in [4.69, 9.17) is 10.9 Å². The molecule has 0 saturated heterocycles. The summed E-state index contributed by atoms with van der Waals surface area (Å²) >= 11 is 1.50. The predicted molar refractivity (Wildman–Crippen MR) is 71.2 cm³/mol. The van der Waals surface area contributed by atoms with Gasteiger partial charge < -0.3 is 10.9 Å². The highest BCUT2D eigenvalue weighted by Gasteiger charge is 2.19. The lowest BCUT2D eigenvalue weighted by Gasteiger charge is -2.19. The first-order valence-corrected chi connectivity index (χ1v) is 6.01. The Bertz CT molecular complexity index is 495. The van der Waals surface area contributed by atoms with E-state index in [9.17, 15) is 10.1 Å². The summed E-state index contributed by atoms with van der Waals surface area (Å²) in [7, 11) is 0. The van der Waals surface area contributed by atoms with Crippen LogP contribution in [0.5, 0.6) is 0 Å². The first-order chi connectivity index (χ1) is 8.24. The van der Waals surface area contributed by atoms with Crippen LogP contribution in [0.4, 0.5) is 5.69 Å². The largest absolute Gasteiger partial charge is 0.409 e. The first kappa shape index (κ1) is 14.3. The first-order valence-electron chi connectivity index (χ1n) is 5.20. The van der Waals surface area contributed by atoms with Crippen molar-refractivity contribution in [2.24, 2.45) is 10.9 Å². The maximum Gasteiger partial charge on any atom is 0.270 e. The number of benzene rings is 1. The molecule has 0 atom stereocenters. The Kier molecular flexibility index (Phi) is 4.18. The summed E-state index contributed by atoms with van der Waals surface area (Å²) in [5.41, 5.74) is 5.83. The van der Waals surface area contributed by atoms with E-state index in [0.29, 0.717) is 5.56 Å². The molecule has 0 amide bonds. The molecule has 3 N–H and O–H groups in total. The summed E-state index contributed by atoms with van der Waals surface area (Å²) in [6, 6.07) is 4.33. The van der Waals surface area contributed by atoms with E-state index in [1.165, 1.54) is 23.9 Å². The fraction of sp³-hybridized carbons (Fsp3) is 0.364. The minimum atomic E-state index is -0.514. The van der Waals surface area contributed by atoms with Crippen LogP contribution in [0, 0.1) is 10.1 Å². The van der Waals surface area contributed by atoms with Gasteiger partial charge in [-0.05, 0) is 6.07 Å². The van der Waals surface area contributed by atoms with E-state index in [0.717, 1.165) is 4.90 Å². The highest BCUT2D eigenvalue weighted by Crippen LogP contribution is 2.35. The molecule has 0 saturated carbocycles. The summed E-state index contributed by atoms with van der Waals surface area (Å²) in [5.74, 6) is -0.134. The fourth-order valence-electron chi connectivity index (χ4n) is 1.30. The molecule has 0 aliphatic carbocycles. The second-order valence-corrected chi connectivity index (χ2v) is 6.51. The van der Waals surface area contributed by atoms with Gasteiger partial charge in [-0.15, -0.1) is 11.8 Å². The Labute approximate surface area is 109 Å². The Morgan fingerprint density at radius 1 is 1.50 bits per heavy atom. The van der Waals surface area contributed by atoms with Crippen molar-refractivity contribution in [3.8, 4) is 0 Å². The van der Waals surface area contributed by atoms with E-state index in [-0.39, 0.29) is 16.3 Å². The lowest BCUT2D eigenvalue weighted by Crippen LogP contribution is -2.16. The van der Waals surface area contributed by atoms with Crippen LogP contribution in [0.25, 0.3) is 0 Å². The molecule has 7 heteroatoms. The zero-order chi connectivity index (χ0) is 13.9. The SMILES string of the molecule is CC(C)(C)Sc1ccc([N+](=O)[O-])cc1C(N)=NO. The lowest BCUT2D eigenvalue weighted by molar-refractivity contribution is -0.384. The number of nitrogens with two attached hydrogens (primary N) is 1. The van der Waals surface area contributed by atoms with Crippen molar-refractivity contribution in [1.29, 1.82) is 0 Å². The van der Waals surface area contributed by atoms with E-state index < -0.39 is 4.92 Å². The fourth-order valence-corrected chi connectivity index (χ4v) is 2.37. The molecule has 0 fully saturated rings. The molecule has 1 aromatic carbocycles. The molecule has 6 nitrogen and oxygen atoms in total. The minimum Gasteiger partial charge on any atom is -0.409 e. The van der Waals surface area contributed by atoms with Gasteiger partial charge in [-0.25, -0.2) is 0 Å². The molecule has 0 unspecified atom stereocenters. The highest BCUT2D eigenvalue weighted by atomic mass is 32.2. The molecule has 0 radical (unpaired) electrons. The number of thioether (sulfide) groups is 1. The molecule has 0 aromatic heterocycles. The van der Waals surface area contributed by atoms with Crippen molar-refractivity contribution < 1.29 is 10.1 Å². The Hall–Kier alpha value is -1.76. The highest BCUT2D eigenvalue weighted by molar-refractivity contribution is 8.00. The van der Waals surface area contributed by atoms with Crippen LogP contribution >= 0.6 is 11.8 Å². The van der Waals surface area contributed by atoms with Gasteiger partial charge in [0.15, 0.2) is 5.84 Å². The van der Waals surface area contributed by atoms with Gasteiger partial charge in [0.25, 0.3) is 5.69 Å². The number of nitro benzene ring substituents is 1. The van der Waals surface area contributed by atoms with Gasteiger partial charge >= 0.3 is 0 Å². The van der Waals surface area contributed by atoms with Crippen LogP contribution in [0.2, 0.25) is 0 Å². The third kappa shape index (κ3) is 3.63. The Balaban J connectivity index is 3.30. The molecular weight excluding hydrogens is 254 g/mol. The Morgan fingerprint density at radius 3 is 2.56 bits per heavy atom. The third-order valence-electron chi connectivity index (χ3n) is 1.97. The average molecular weight is 269 g/mol. The summed E-state index contributed by atoms with van der Waals surface area (Å²) in [6.45, 7) is 6.03. The van der Waals surface area contributed by atoms with Crippen LogP contribution in [0.15, 0.2) is 28.3 Å². The van der Waals surface area contributed by atoms with Gasteiger partial charge in [-0.2, -0.15) is 0 Å². The second kappa shape index (κ2) is 5.26. The van der Waals surface area contributed by atoms with Gasteiger partial charge in [0.2, 0.25) is 0 Å². The molecule has 0 bridgehead atoms. The molecule has 18 heavy (non-hydrogen) atoms. The number of nitro groups is 1. The summed E-state index contributed by atoms with van der Waals surface area (Å²) in [5, 5.41) is 22.3. The van der Waals surface area contributed by atoms with Crippen LogP contribution in [0.3, 0.4) is 0 Å². The van der Waals surface area contributed by atoms with Crippen LogP contribution < -0.4 is 5.73 Å². The lowest BCUT2D eigenvalue weighted by atomic mass is 10.2. The number of hydrogen-bond donors (Lipinski definition) is 2. The zero-order valence-corrected chi connectivity index (χ0v) is 11.2. The molecule has 0 aliphatic heterocycles. The van der Waals surface area contributed by atoms with Crippen molar-refractivity contribution in [2.45, 2.75) is 30.4 Å². The van der Waals surface area contributed by atoms with Gasteiger partial charge in [0.05, 0.1) is 4.92 Å². The third-order valence-corrected chi connectivity index (χ3v) is 3.16. The van der Waals surface area contributed by atoms with Gasteiger partial charge in [0.1, 0.15) is 0 Å². The number of amidine groups is 1. The standard InChI is InChI=1S/C11H15N3O3S/c1-11(2,3)18-9-5-4-7(14(16)17)6-8(9)10(12)13-15/h4-6,15H,1-3H3,(H2,12,13). The van der Waals surface area contributed by atoms with Crippen LogP contribution in [-0.2, 0) is 0 Å². The molecule has 0 spiro atoms. The Morgan fingerprint density at radius 2 is 2.11 bits per heavy atom. The number of nitrogens with zero attached hydrogens (tertiary/aromatic N) is 2. The topological polar surface area (TPSA) is 102 Å². The van der Waals surface area contributed by atoms with E-state index in [1.54, 1.807) is 6.07 Å². The molecule has 98 valence electrons. The molecular formula is C11H15N3O3S. The molecule has 0 aliphatic rings. The van der Waals surface area contributed by atoms with Crippen LogP contribution in [-0.4, -0.2) is 20.7 Å². The maximum atomic E-state index is 10.7. The van der Waals surface area contributed by atoms with Crippen LogP contribution in [0.1, 0.15) is 26.3 Å². The van der Waals surface area contributed by atoms with Gasteiger partial charge in [-0.3, -0.25) is 10.1 Å². The predicted octanol–water partition coefficient (Wildman–Crippen LogP) is 2.58. The maximum absolute atomic E-state index is 10.7. The van der Waals surface area contributed by atoms with E-state index >= 15 is 0 Å². The van der Waals surface area contributed by atoms with Crippen molar-refractivity contribution in [1.82, 2.24) is 0 Å². The number of oxime groups is 1. The number of rotatable bonds is 3. The smallest absolute Gasteiger partial charge is 0.270 e. The zero-order valence-electron chi connectivity index (χ0n) is 10.4. The summed E-state index contributed by atoms with van der Waals surface area (Å²) in [6.07, 6.45) is 0. The molecule has 1 aromatic rings. The summed E-state index contributed by atoms with van der Waals surface area (Å²) in [4.78, 5) is 10.9. The summed E-state index contributed by atoms with van der Waals surface area (Å²) < 4.78 is -0.0827. The van der Waals surface area contributed by atoms with Crippen molar-refractivity contribution in [3.05, 3.63) is 33.9 Å². The average Bonchev–Trinajstić information content (AvgIpc) is 2.26. The van der Waals surface area contributed by atoms with Gasteiger partial charge in [-0.1, -0.05) is 25.9 Å². The van der Waals surface area contributed by atoms with E-state index in [2.05, 4.69) is 5.16 Å². The van der Waals surface area contributed by atoms with Crippen molar-refractivity contribution in [3.63, 3.8) is 0 Å². The number of non-ortho nitro benzene ring substituents is 1. The molecule has 0 heterocycles. The van der Waals surface area contributed by atoms with Crippen molar-refractivity contribution >= 4 is 23.3 Å². The van der Waals surface area contributed by atoms with E-state index in [1.807, 2.05) is 20.8 Å². The minimum absolute atomic E-state index is 0.0827. The van der Waals surface area contributed by atoms with Gasteiger partial charge in [0, 0.05) is 27.3 Å². The quantitative estimate of drug-likeness (QED) is 0.219. The number of hydrogen-bond acceptors (Lipinski definition) is 5. The molecule has 1 rings (SSSR count). The monoisotopic (exact) mass is 269 g/mol. The second-order valence-electron chi connectivity index (χ2n) is 4.64. The normalized spacial score (nSPS) is 12.5.